The molecule has 2 N–H and O–H groups in total. The van der Waals surface area contributed by atoms with Gasteiger partial charge in [-0.15, -0.1) is 0 Å². The maximum absolute atomic E-state index is 12.2. The molecule has 1 aromatic heterocycles. The summed E-state index contributed by atoms with van der Waals surface area (Å²) in [5, 5.41) is 13.6. The molecule has 2 aromatic rings. The van der Waals surface area contributed by atoms with E-state index in [0.29, 0.717) is 5.82 Å². The number of nitrogens with zero attached hydrogens (tertiary/aromatic N) is 3. The van der Waals surface area contributed by atoms with E-state index in [1.54, 1.807) is 6.92 Å². The third-order valence-electron chi connectivity index (χ3n) is 2.49. The van der Waals surface area contributed by atoms with Crippen molar-refractivity contribution in [2.45, 2.75) is 11.8 Å². The zero-order valence-electron chi connectivity index (χ0n) is 11.0. The van der Waals surface area contributed by atoms with Crippen LogP contribution in [-0.4, -0.2) is 29.7 Å². The van der Waals surface area contributed by atoms with E-state index >= 15 is 0 Å². The van der Waals surface area contributed by atoms with Crippen LogP contribution in [0.25, 0.3) is 0 Å². The Kier molecular flexibility index (Phi) is 4.04. The number of hydrogen-bond donors (Lipinski definition) is 2. The molecule has 0 spiro atoms. The lowest BCUT2D eigenvalue weighted by molar-refractivity contribution is -0.384. The molecule has 1 aromatic carbocycles. The van der Waals surface area contributed by atoms with Gasteiger partial charge in [0.1, 0.15) is 11.5 Å². The average Bonchev–Trinajstić information content (AvgIpc) is 2.82. The number of aryl methyl sites for hydroxylation is 1. The second kappa shape index (κ2) is 5.61. The van der Waals surface area contributed by atoms with E-state index in [1.165, 1.54) is 13.1 Å². The second-order valence-electron chi connectivity index (χ2n) is 3.94. The lowest BCUT2D eigenvalue weighted by atomic mass is 10.3. The minimum atomic E-state index is -3.88. The van der Waals surface area contributed by atoms with Crippen molar-refractivity contribution >= 4 is 38.1 Å². The van der Waals surface area contributed by atoms with Crippen molar-refractivity contribution in [3.05, 3.63) is 34.1 Å². The smallest absolute Gasteiger partial charge is 0.292 e. The lowest BCUT2D eigenvalue weighted by Gasteiger charge is -2.07. The summed E-state index contributed by atoms with van der Waals surface area (Å²) in [6, 6.07) is 3.48. The predicted molar refractivity (Wildman–Crippen MR) is 78.1 cm³/mol. The van der Waals surface area contributed by atoms with E-state index in [4.69, 9.17) is 0 Å². The molecule has 0 amide bonds. The predicted octanol–water partition coefficient (Wildman–Crippen LogP) is 1.60. The maximum Gasteiger partial charge on any atom is 0.292 e. The van der Waals surface area contributed by atoms with Crippen LogP contribution in [0.3, 0.4) is 0 Å². The minimum Gasteiger partial charge on any atom is -0.383 e. The third kappa shape index (κ3) is 3.25. The number of anilines is 2. The molecule has 0 unspecified atom stereocenters. The van der Waals surface area contributed by atoms with Gasteiger partial charge in [-0.2, -0.15) is 4.37 Å². The van der Waals surface area contributed by atoms with Gasteiger partial charge in [0.15, 0.2) is 0 Å². The second-order valence-corrected chi connectivity index (χ2v) is 6.37. The number of sulfonamides is 1. The third-order valence-corrected chi connectivity index (χ3v) is 4.68. The van der Waals surface area contributed by atoms with E-state index in [0.717, 1.165) is 23.7 Å². The highest BCUT2D eigenvalue weighted by molar-refractivity contribution is 7.93. The van der Waals surface area contributed by atoms with Gasteiger partial charge < -0.3 is 5.32 Å². The lowest BCUT2D eigenvalue weighted by Crippen LogP contribution is -2.13. The zero-order valence-corrected chi connectivity index (χ0v) is 12.7. The van der Waals surface area contributed by atoms with Crippen LogP contribution >= 0.6 is 11.5 Å². The SMILES string of the molecule is CNc1cc(S(=O)(=O)Nc2nc(C)ns2)ccc1[N+](=O)[O-]. The standard InChI is InChI=1S/C10H11N5O4S2/c1-6-12-10(20-13-6)14-21(18,19)7-3-4-9(15(16)17)8(5-7)11-2/h3-5,11H,1-2H3,(H,12,13,14). The average molecular weight is 329 g/mol. The van der Waals surface area contributed by atoms with Crippen molar-refractivity contribution in [3.8, 4) is 0 Å². The van der Waals surface area contributed by atoms with Gasteiger partial charge in [-0.05, 0) is 19.1 Å². The van der Waals surface area contributed by atoms with Crippen LogP contribution in [0.5, 0.6) is 0 Å². The molecule has 0 fully saturated rings. The van der Waals surface area contributed by atoms with Crippen LogP contribution in [0.2, 0.25) is 0 Å². The maximum atomic E-state index is 12.2. The Bertz CT molecular complexity index is 786. The largest absolute Gasteiger partial charge is 0.383 e. The van der Waals surface area contributed by atoms with Crippen LogP contribution in [0, 0.1) is 17.0 Å². The highest BCUT2D eigenvalue weighted by Crippen LogP contribution is 2.28. The number of rotatable bonds is 5. The molecule has 0 saturated carbocycles. The molecule has 0 aliphatic heterocycles. The summed E-state index contributed by atoms with van der Waals surface area (Å²) < 4.78 is 30.5. The molecule has 0 bridgehead atoms. The van der Waals surface area contributed by atoms with Gasteiger partial charge in [0.25, 0.3) is 15.7 Å². The molecule has 0 radical (unpaired) electrons. The molecule has 112 valence electrons. The first kappa shape index (κ1) is 15.1. The first-order chi connectivity index (χ1) is 9.83. The molecule has 0 aliphatic rings. The molecular formula is C10H11N5O4S2. The van der Waals surface area contributed by atoms with Gasteiger partial charge in [0.2, 0.25) is 5.13 Å². The fraction of sp³-hybridized carbons (Fsp3) is 0.200. The van der Waals surface area contributed by atoms with Gasteiger partial charge in [-0.25, -0.2) is 13.4 Å². The Morgan fingerprint density at radius 2 is 2.10 bits per heavy atom. The minimum absolute atomic E-state index is 0.106. The summed E-state index contributed by atoms with van der Waals surface area (Å²) in [5.41, 5.74) is -0.0977. The Morgan fingerprint density at radius 3 is 2.62 bits per heavy atom. The fourth-order valence-electron chi connectivity index (χ4n) is 1.55. The van der Waals surface area contributed by atoms with Crippen LogP contribution in [0.15, 0.2) is 23.1 Å². The quantitative estimate of drug-likeness (QED) is 0.630. The normalized spacial score (nSPS) is 11.1. The van der Waals surface area contributed by atoms with E-state index in [-0.39, 0.29) is 21.4 Å². The van der Waals surface area contributed by atoms with E-state index in [9.17, 15) is 18.5 Å². The van der Waals surface area contributed by atoms with Gasteiger partial charge >= 0.3 is 0 Å². The van der Waals surface area contributed by atoms with Gasteiger partial charge in [0.05, 0.1) is 9.82 Å². The number of hydrogen-bond acceptors (Lipinski definition) is 8. The van der Waals surface area contributed by atoms with E-state index in [1.807, 2.05) is 0 Å². The Morgan fingerprint density at radius 1 is 1.38 bits per heavy atom. The summed E-state index contributed by atoms with van der Waals surface area (Å²) in [7, 11) is -2.41. The number of nitrogens with one attached hydrogen (secondary N) is 2. The summed E-state index contributed by atoms with van der Waals surface area (Å²) in [5.74, 6) is 0.456. The molecule has 0 saturated heterocycles. The number of benzene rings is 1. The molecule has 1 heterocycles. The molecule has 21 heavy (non-hydrogen) atoms. The molecule has 9 nitrogen and oxygen atoms in total. The summed E-state index contributed by atoms with van der Waals surface area (Å²) in [6.45, 7) is 1.64. The van der Waals surface area contributed by atoms with Gasteiger partial charge in [-0.1, -0.05) is 0 Å². The van der Waals surface area contributed by atoms with E-state index in [2.05, 4.69) is 19.4 Å². The summed E-state index contributed by atoms with van der Waals surface area (Å²) >= 11 is 0.914. The highest BCUT2D eigenvalue weighted by Gasteiger charge is 2.21. The van der Waals surface area contributed by atoms with Crippen LogP contribution in [-0.2, 0) is 10.0 Å². The topological polar surface area (TPSA) is 127 Å². The van der Waals surface area contributed by atoms with Crippen molar-refractivity contribution < 1.29 is 13.3 Å². The Balaban J connectivity index is 2.38. The number of nitro benzene ring substituents is 1. The first-order valence-corrected chi connectivity index (χ1v) is 7.88. The molecule has 11 heteroatoms. The number of nitro groups is 1. The van der Waals surface area contributed by atoms with Crippen molar-refractivity contribution in [3.63, 3.8) is 0 Å². The van der Waals surface area contributed by atoms with Gasteiger partial charge in [0, 0.05) is 24.6 Å². The molecule has 0 atom stereocenters. The fourth-order valence-corrected chi connectivity index (χ4v) is 3.38. The zero-order chi connectivity index (χ0) is 15.6. The van der Waals surface area contributed by atoms with Crippen LogP contribution in [0.4, 0.5) is 16.5 Å². The molecule has 0 aliphatic carbocycles. The Labute approximate surface area is 124 Å². The monoisotopic (exact) mass is 329 g/mol. The number of aromatic nitrogens is 2. The Hall–Kier alpha value is -2.27. The van der Waals surface area contributed by atoms with Crippen molar-refractivity contribution in [1.29, 1.82) is 0 Å². The van der Waals surface area contributed by atoms with Crippen LogP contribution in [0.1, 0.15) is 5.82 Å². The van der Waals surface area contributed by atoms with E-state index < -0.39 is 14.9 Å². The van der Waals surface area contributed by atoms with Crippen molar-refractivity contribution in [1.82, 2.24) is 9.36 Å². The van der Waals surface area contributed by atoms with Gasteiger partial charge in [-0.3, -0.25) is 14.8 Å². The molecular weight excluding hydrogens is 318 g/mol. The van der Waals surface area contributed by atoms with Crippen LogP contribution < -0.4 is 10.0 Å². The van der Waals surface area contributed by atoms with Crippen molar-refractivity contribution in [2.24, 2.45) is 0 Å². The highest BCUT2D eigenvalue weighted by atomic mass is 32.2. The summed E-state index contributed by atoms with van der Waals surface area (Å²) in [4.78, 5) is 14.0. The van der Waals surface area contributed by atoms with Crippen molar-refractivity contribution in [2.75, 3.05) is 17.1 Å². The summed E-state index contributed by atoms with van der Waals surface area (Å²) in [6.07, 6.45) is 0. The molecule has 2 rings (SSSR count). The first-order valence-electron chi connectivity index (χ1n) is 5.63.